The second-order valence-electron chi connectivity index (χ2n) is 3.37. The Morgan fingerprint density at radius 1 is 1.38 bits per heavy atom. The molecular formula is C9H13ClN2O. The SMILES string of the molecule is COC(C)(C)c1nc(C)cc(Cl)n1. The zero-order valence-electron chi connectivity index (χ0n) is 8.26. The van der Waals surface area contributed by atoms with Crippen LogP contribution in [0.2, 0.25) is 5.15 Å². The first-order chi connectivity index (χ1) is 5.95. The largest absolute Gasteiger partial charge is 0.371 e. The van der Waals surface area contributed by atoms with Crippen LogP contribution in [0.15, 0.2) is 6.07 Å². The van der Waals surface area contributed by atoms with Crippen molar-refractivity contribution in [1.82, 2.24) is 9.97 Å². The maximum atomic E-state index is 5.81. The minimum Gasteiger partial charge on any atom is -0.371 e. The first-order valence-electron chi connectivity index (χ1n) is 4.02. The Morgan fingerprint density at radius 2 is 2.00 bits per heavy atom. The van der Waals surface area contributed by atoms with Crippen molar-refractivity contribution in [2.75, 3.05) is 7.11 Å². The molecule has 13 heavy (non-hydrogen) atoms. The number of hydrogen-bond donors (Lipinski definition) is 0. The van der Waals surface area contributed by atoms with E-state index in [4.69, 9.17) is 16.3 Å². The second kappa shape index (κ2) is 3.60. The lowest BCUT2D eigenvalue weighted by molar-refractivity contribution is 0.0113. The van der Waals surface area contributed by atoms with Gasteiger partial charge in [-0.25, -0.2) is 9.97 Å². The van der Waals surface area contributed by atoms with Crippen molar-refractivity contribution < 1.29 is 4.74 Å². The number of rotatable bonds is 2. The van der Waals surface area contributed by atoms with E-state index in [2.05, 4.69) is 9.97 Å². The second-order valence-corrected chi connectivity index (χ2v) is 3.76. The number of methoxy groups -OCH3 is 1. The molecule has 0 saturated carbocycles. The van der Waals surface area contributed by atoms with E-state index in [0.717, 1.165) is 5.69 Å². The summed E-state index contributed by atoms with van der Waals surface area (Å²) in [4.78, 5) is 8.36. The van der Waals surface area contributed by atoms with Gasteiger partial charge in [0.25, 0.3) is 0 Å². The molecule has 0 unspecified atom stereocenters. The fourth-order valence-corrected chi connectivity index (χ4v) is 1.13. The summed E-state index contributed by atoms with van der Waals surface area (Å²) in [6, 6.07) is 1.72. The van der Waals surface area contributed by atoms with Gasteiger partial charge in [0.15, 0.2) is 5.82 Å². The molecule has 0 atom stereocenters. The molecule has 0 amide bonds. The molecule has 1 heterocycles. The molecular weight excluding hydrogens is 188 g/mol. The number of nitrogens with zero attached hydrogens (tertiary/aromatic N) is 2. The van der Waals surface area contributed by atoms with Gasteiger partial charge in [0.1, 0.15) is 10.8 Å². The Kier molecular flexibility index (Phi) is 2.88. The van der Waals surface area contributed by atoms with Crippen LogP contribution in [0.5, 0.6) is 0 Å². The van der Waals surface area contributed by atoms with Gasteiger partial charge in [0.05, 0.1) is 0 Å². The maximum Gasteiger partial charge on any atom is 0.161 e. The summed E-state index contributed by atoms with van der Waals surface area (Å²) in [7, 11) is 1.62. The average Bonchev–Trinajstić information content (AvgIpc) is 2.02. The fraction of sp³-hybridized carbons (Fsp3) is 0.556. The van der Waals surface area contributed by atoms with Gasteiger partial charge in [0.2, 0.25) is 0 Å². The molecule has 0 fully saturated rings. The third-order valence-corrected chi connectivity index (χ3v) is 2.07. The van der Waals surface area contributed by atoms with E-state index in [1.165, 1.54) is 0 Å². The van der Waals surface area contributed by atoms with Crippen LogP contribution in [0, 0.1) is 6.92 Å². The van der Waals surface area contributed by atoms with Gasteiger partial charge < -0.3 is 4.74 Å². The molecule has 0 N–H and O–H groups in total. The van der Waals surface area contributed by atoms with E-state index in [1.807, 2.05) is 20.8 Å². The molecule has 0 aromatic carbocycles. The Labute approximate surface area is 83.1 Å². The number of halogens is 1. The van der Waals surface area contributed by atoms with Crippen molar-refractivity contribution in [1.29, 1.82) is 0 Å². The molecule has 0 spiro atoms. The summed E-state index contributed by atoms with van der Waals surface area (Å²) < 4.78 is 5.25. The molecule has 72 valence electrons. The molecule has 0 aliphatic heterocycles. The van der Waals surface area contributed by atoms with Gasteiger partial charge in [-0.1, -0.05) is 11.6 Å². The van der Waals surface area contributed by atoms with Crippen LogP contribution in [0.1, 0.15) is 25.4 Å². The third kappa shape index (κ3) is 2.39. The number of hydrogen-bond acceptors (Lipinski definition) is 3. The van der Waals surface area contributed by atoms with Crippen molar-refractivity contribution in [2.45, 2.75) is 26.4 Å². The van der Waals surface area contributed by atoms with E-state index in [9.17, 15) is 0 Å². The smallest absolute Gasteiger partial charge is 0.161 e. The Balaban J connectivity index is 3.15. The molecule has 1 rings (SSSR count). The zero-order valence-corrected chi connectivity index (χ0v) is 9.01. The van der Waals surface area contributed by atoms with Crippen LogP contribution < -0.4 is 0 Å². The van der Waals surface area contributed by atoms with Crippen molar-refractivity contribution >= 4 is 11.6 Å². The average molecular weight is 201 g/mol. The normalized spacial score (nSPS) is 11.8. The monoisotopic (exact) mass is 200 g/mol. The summed E-state index contributed by atoms with van der Waals surface area (Å²) in [5.41, 5.74) is 0.357. The highest BCUT2D eigenvalue weighted by atomic mass is 35.5. The summed E-state index contributed by atoms with van der Waals surface area (Å²) in [5.74, 6) is 0.611. The van der Waals surface area contributed by atoms with Crippen LogP contribution in [0.3, 0.4) is 0 Å². The molecule has 0 radical (unpaired) electrons. The molecule has 4 heteroatoms. The Bertz CT molecular complexity index is 292. The summed E-state index contributed by atoms with van der Waals surface area (Å²) in [5, 5.41) is 0.452. The Morgan fingerprint density at radius 3 is 2.46 bits per heavy atom. The first-order valence-corrected chi connectivity index (χ1v) is 4.40. The summed E-state index contributed by atoms with van der Waals surface area (Å²) >= 11 is 5.81. The van der Waals surface area contributed by atoms with Gasteiger partial charge in [-0.05, 0) is 26.8 Å². The first kappa shape index (κ1) is 10.4. The lowest BCUT2D eigenvalue weighted by atomic mass is 10.1. The molecule has 0 aliphatic carbocycles. The van der Waals surface area contributed by atoms with Crippen molar-refractivity contribution in [3.63, 3.8) is 0 Å². The van der Waals surface area contributed by atoms with Crippen LogP contribution in [0.25, 0.3) is 0 Å². The summed E-state index contributed by atoms with van der Waals surface area (Å²) in [6.07, 6.45) is 0. The molecule has 0 aliphatic rings. The highest BCUT2D eigenvalue weighted by molar-refractivity contribution is 6.29. The minimum atomic E-state index is -0.490. The van der Waals surface area contributed by atoms with E-state index in [0.29, 0.717) is 11.0 Å². The molecule has 1 aromatic heterocycles. The standard InChI is InChI=1S/C9H13ClN2O/c1-6-5-7(10)12-8(11-6)9(2,3)13-4/h5H,1-4H3. The lowest BCUT2D eigenvalue weighted by Gasteiger charge is -2.21. The number of aryl methyl sites for hydroxylation is 1. The van der Waals surface area contributed by atoms with E-state index >= 15 is 0 Å². The van der Waals surface area contributed by atoms with E-state index < -0.39 is 5.60 Å². The highest BCUT2D eigenvalue weighted by Gasteiger charge is 2.23. The topological polar surface area (TPSA) is 35.0 Å². The third-order valence-electron chi connectivity index (χ3n) is 1.87. The fourth-order valence-electron chi connectivity index (χ4n) is 0.891. The zero-order chi connectivity index (χ0) is 10.1. The van der Waals surface area contributed by atoms with Gasteiger partial charge in [-0.3, -0.25) is 0 Å². The van der Waals surface area contributed by atoms with E-state index in [-0.39, 0.29) is 0 Å². The molecule has 0 saturated heterocycles. The molecule has 3 nitrogen and oxygen atoms in total. The molecule has 1 aromatic rings. The van der Waals surface area contributed by atoms with Crippen LogP contribution in [-0.2, 0) is 10.3 Å². The predicted octanol–water partition coefficient (Wildman–Crippen LogP) is 2.32. The van der Waals surface area contributed by atoms with E-state index in [1.54, 1.807) is 13.2 Å². The van der Waals surface area contributed by atoms with Crippen LogP contribution in [0.4, 0.5) is 0 Å². The highest BCUT2D eigenvalue weighted by Crippen LogP contribution is 2.21. The number of aromatic nitrogens is 2. The predicted molar refractivity (Wildman–Crippen MR) is 51.8 cm³/mol. The van der Waals surface area contributed by atoms with Gasteiger partial charge in [0, 0.05) is 12.8 Å². The van der Waals surface area contributed by atoms with Gasteiger partial charge in [-0.2, -0.15) is 0 Å². The maximum absolute atomic E-state index is 5.81. The lowest BCUT2D eigenvalue weighted by Crippen LogP contribution is -2.23. The van der Waals surface area contributed by atoms with Crippen molar-refractivity contribution in [2.24, 2.45) is 0 Å². The van der Waals surface area contributed by atoms with Gasteiger partial charge in [-0.15, -0.1) is 0 Å². The summed E-state index contributed by atoms with van der Waals surface area (Å²) in [6.45, 7) is 5.68. The minimum absolute atomic E-state index is 0.452. The van der Waals surface area contributed by atoms with Crippen LogP contribution in [-0.4, -0.2) is 17.1 Å². The Hall–Kier alpha value is -0.670. The van der Waals surface area contributed by atoms with Crippen molar-refractivity contribution in [3.8, 4) is 0 Å². The number of ether oxygens (including phenoxy) is 1. The van der Waals surface area contributed by atoms with Gasteiger partial charge >= 0.3 is 0 Å². The van der Waals surface area contributed by atoms with Crippen molar-refractivity contribution in [3.05, 3.63) is 22.7 Å². The quantitative estimate of drug-likeness (QED) is 0.688. The molecule has 0 bridgehead atoms. The van der Waals surface area contributed by atoms with Crippen LogP contribution >= 0.6 is 11.6 Å².